The standard InChI is InChI=1S/C29H39ClFN3O3/c1-19-20(2)28(37-12-6-5-11-33(3)4)10-8-22(19)16-34-24-14-23(15-25(34)18-36-17-24)32-29(35)21-7-9-27(31)26(30)13-21/h7-10,13,23-25H,5-6,11-12,14-18H2,1-4H3,(H,32,35). The van der Waals surface area contributed by atoms with Gasteiger partial charge in [0.25, 0.3) is 5.91 Å². The first-order valence-electron chi connectivity index (χ1n) is 13.2. The molecule has 0 radical (unpaired) electrons. The highest BCUT2D eigenvalue weighted by atomic mass is 35.5. The van der Waals surface area contributed by atoms with Crippen molar-refractivity contribution >= 4 is 17.5 Å². The van der Waals surface area contributed by atoms with Crippen molar-refractivity contribution in [3.05, 3.63) is 63.4 Å². The molecule has 6 nitrogen and oxygen atoms in total. The highest BCUT2D eigenvalue weighted by Gasteiger charge is 2.39. The molecule has 2 atom stereocenters. The maximum absolute atomic E-state index is 13.5. The largest absolute Gasteiger partial charge is 0.493 e. The van der Waals surface area contributed by atoms with E-state index in [2.05, 4.69) is 55.2 Å². The number of benzene rings is 2. The number of amides is 1. The van der Waals surface area contributed by atoms with E-state index in [1.54, 1.807) is 0 Å². The molecule has 2 fully saturated rings. The van der Waals surface area contributed by atoms with Crippen molar-refractivity contribution in [3.63, 3.8) is 0 Å². The van der Waals surface area contributed by atoms with Crippen LogP contribution < -0.4 is 10.1 Å². The Morgan fingerprint density at radius 1 is 1.14 bits per heavy atom. The molecule has 37 heavy (non-hydrogen) atoms. The van der Waals surface area contributed by atoms with Crippen LogP contribution in [0.1, 0.15) is 52.7 Å². The summed E-state index contributed by atoms with van der Waals surface area (Å²) < 4.78 is 25.5. The minimum atomic E-state index is -0.525. The molecule has 2 unspecified atom stereocenters. The molecule has 0 spiro atoms. The quantitative estimate of drug-likeness (QED) is 0.438. The molecule has 0 aliphatic carbocycles. The van der Waals surface area contributed by atoms with E-state index in [0.29, 0.717) is 18.8 Å². The van der Waals surface area contributed by atoms with Gasteiger partial charge in [0.05, 0.1) is 24.8 Å². The number of nitrogens with one attached hydrogen (secondary N) is 1. The molecule has 1 N–H and O–H groups in total. The molecule has 0 aromatic heterocycles. The van der Waals surface area contributed by atoms with Crippen molar-refractivity contribution in [1.29, 1.82) is 0 Å². The van der Waals surface area contributed by atoms with Crippen LogP contribution in [-0.4, -0.2) is 74.3 Å². The smallest absolute Gasteiger partial charge is 0.251 e. The van der Waals surface area contributed by atoms with Gasteiger partial charge in [-0.2, -0.15) is 0 Å². The Morgan fingerprint density at radius 3 is 2.54 bits per heavy atom. The van der Waals surface area contributed by atoms with Crippen molar-refractivity contribution < 1.29 is 18.7 Å². The van der Waals surface area contributed by atoms with Crippen LogP contribution in [0, 0.1) is 19.7 Å². The first kappa shape index (κ1) is 27.8. The number of carbonyl (C=O) groups excluding carboxylic acids is 1. The molecule has 202 valence electrons. The van der Waals surface area contributed by atoms with Gasteiger partial charge < -0.3 is 19.7 Å². The predicted octanol–water partition coefficient (Wildman–Crippen LogP) is 4.98. The van der Waals surface area contributed by atoms with Gasteiger partial charge in [-0.1, -0.05) is 17.7 Å². The fourth-order valence-electron chi connectivity index (χ4n) is 5.36. The van der Waals surface area contributed by atoms with Crippen LogP contribution in [0.4, 0.5) is 4.39 Å². The third-order valence-corrected chi connectivity index (χ3v) is 7.94. The Bertz CT molecular complexity index is 1080. The minimum Gasteiger partial charge on any atom is -0.493 e. The van der Waals surface area contributed by atoms with E-state index in [4.69, 9.17) is 21.1 Å². The second-order valence-corrected chi connectivity index (χ2v) is 11.0. The zero-order valence-electron chi connectivity index (χ0n) is 22.4. The SMILES string of the molecule is Cc1c(CN2C3COCC2CC(NC(=O)c2ccc(F)c(Cl)c2)C3)ccc(OCCCCN(C)C)c1C. The van der Waals surface area contributed by atoms with E-state index in [1.807, 2.05) is 0 Å². The summed E-state index contributed by atoms with van der Waals surface area (Å²) in [5.74, 6) is 0.225. The zero-order valence-corrected chi connectivity index (χ0v) is 23.1. The van der Waals surface area contributed by atoms with Crippen LogP contribution in [0.15, 0.2) is 30.3 Å². The van der Waals surface area contributed by atoms with Gasteiger partial charge in [0.2, 0.25) is 0 Å². The lowest BCUT2D eigenvalue weighted by molar-refractivity contribution is -0.0843. The van der Waals surface area contributed by atoms with Gasteiger partial charge in [-0.3, -0.25) is 9.69 Å². The highest BCUT2D eigenvalue weighted by molar-refractivity contribution is 6.31. The van der Waals surface area contributed by atoms with E-state index < -0.39 is 5.82 Å². The summed E-state index contributed by atoms with van der Waals surface area (Å²) in [6.45, 7) is 8.28. The number of rotatable bonds is 10. The van der Waals surface area contributed by atoms with E-state index in [1.165, 1.54) is 34.9 Å². The first-order chi connectivity index (χ1) is 17.7. The van der Waals surface area contributed by atoms with Crippen molar-refractivity contribution in [1.82, 2.24) is 15.1 Å². The first-order valence-corrected chi connectivity index (χ1v) is 13.6. The molecule has 2 aromatic carbocycles. The van der Waals surface area contributed by atoms with Gasteiger partial charge in [0, 0.05) is 30.2 Å². The lowest BCUT2D eigenvalue weighted by Gasteiger charge is -2.48. The number of nitrogens with zero attached hydrogens (tertiary/aromatic N) is 2. The Balaban J connectivity index is 1.35. The second kappa shape index (κ2) is 12.6. The van der Waals surface area contributed by atoms with Crippen molar-refractivity contribution in [2.45, 2.75) is 64.2 Å². The van der Waals surface area contributed by atoms with Crippen LogP contribution in [0.5, 0.6) is 5.75 Å². The van der Waals surface area contributed by atoms with Gasteiger partial charge in [-0.05, 0) is 101 Å². The normalized spacial score (nSPS) is 21.8. The molecule has 2 heterocycles. The molecule has 2 aliphatic heterocycles. The van der Waals surface area contributed by atoms with Crippen molar-refractivity contribution in [3.8, 4) is 5.75 Å². The number of carbonyl (C=O) groups is 1. The third kappa shape index (κ3) is 7.02. The minimum absolute atomic E-state index is 0.0394. The molecule has 2 bridgehead atoms. The van der Waals surface area contributed by atoms with E-state index >= 15 is 0 Å². The lowest BCUT2D eigenvalue weighted by atomic mass is 9.88. The van der Waals surface area contributed by atoms with E-state index in [-0.39, 0.29) is 29.1 Å². The summed E-state index contributed by atoms with van der Waals surface area (Å²) >= 11 is 5.87. The number of ether oxygens (including phenoxy) is 2. The predicted molar refractivity (Wildman–Crippen MR) is 145 cm³/mol. The topological polar surface area (TPSA) is 54.0 Å². The summed E-state index contributed by atoms with van der Waals surface area (Å²) in [6.07, 6.45) is 3.79. The average molecular weight is 532 g/mol. The molecular weight excluding hydrogens is 493 g/mol. The summed E-state index contributed by atoms with van der Waals surface area (Å²) in [4.78, 5) is 17.5. The van der Waals surface area contributed by atoms with Crippen LogP contribution in [0.3, 0.4) is 0 Å². The number of halogens is 2. The molecule has 1 amide bonds. The Kier molecular flexibility index (Phi) is 9.46. The number of hydrogen-bond acceptors (Lipinski definition) is 5. The zero-order chi connectivity index (χ0) is 26.5. The maximum Gasteiger partial charge on any atom is 0.251 e. The van der Waals surface area contributed by atoms with Gasteiger partial charge in [-0.15, -0.1) is 0 Å². The maximum atomic E-state index is 13.5. The number of morpholine rings is 1. The molecule has 2 saturated heterocycles. The van der Waals surface area contributed by atoms with Crippen LogP contribution in [-0.2, 0) is 11.3 Å². The number of fused-ring (bicyclic) bond motifs is 2. The molecule has 0 saturated carbocycles. The lowest BCUT2D eigenvalue weighted by Crippen LogP contribution is -2.60. The monoisotopic (exact) mass is 531 g/mol. The third-order valence-electron chi connectivity index (χ3n) is 7.65. The summed E-state index contributed by atoms with van der Waals surface area (Å²) in [5, 5.41) is 3.09. The highest BCUT2D eigenvalue weighted by Crippen LogP contribution is 2.32. The summed E-state index contributed by atoms with van der Waals surface area (Å²) in [7, 11) is 4.19. The van der Waals surface area contributed by atoms with Crippen molar-refractivity contribution in [2.75, 3.05) is 40.5 Å². The molecular formula is C29H39ClFN3O3. The fourth-order valence-corrected chi connectivity index (χ4v) is 5.54. The van der Waals surface area contributed by atoms with Gasteiger partial charge in [0.1, 0.15) is 11.6 Å². The van der Waals surface area contributed by atoms with Crippen LogP contribution in [0.2, 0.25) is 5.02 Å². The summed E-state index contributed by atoms with van der Waals surface area (Å²) in [6, 6.07) is 8.87. The van der Waals surface area contributed by atoms with E-state index in [9.17, 15) is 9.18 Å². The van der Waals surface area contributed by atoms with Crippen molar-refractivity contribution in [2.24, 2.45) is 0 Å². The fraction of sp³-hybridized carbons (Fsp3) is 0.552. The van der Waals surface area contributed by atoms with E-state index in [0.717, 1.165) is 51.1 Å². The molecule has 2 aliphatic rings. The average Bonchev–Trinajstić information content (AvgIpc) is 2.84. The van der Waals surface area contributed by atoms with Gasteiger partial charge in [-0.25, -0.2) is 4.39 Å². The van der Waals surface area contributed by atoms with Gasteiger partial charge in [0.15, 0.2) is 0 Å². The Labute approximate surface area is 225 Å². The Hall–Kier alpha value is -2.19. The molecule has 8 heteroatoms. The summed E-state index contributed by atoms with van der Waals surface area (Å²) in [5.41, 5.74) is 4.15. The number of hydrogen-bond donors (Lipinski definition) is 1. The van der Waals surface area contributed by atoms with Crippen LogP contribution >= 0.6 is 11.6 Å². The van der Waals surface area contributed by atoms with Crippen LogP contribution in [0.25, 0.3) is 0 Å². The van der Waals surface area contributed by atoms with Gasteiger partial charge >= 0.3 is 0 Å². The Morgan fingerprint density at radius 2 is 1.86 bits per heavy atom. The number of unbranched alkanes of at least 4 members (excludes halogenated alkanes) is 1. The number of piperidine rings is 1. The molecule has 4 rings (SSSR count). The molecule has 2 aromatic rings. The second-order valence-electron chi connectivity index (χ2n) is 10.6.